The lowest BCUT2D eigenvalue weighted by atomic mass is 10.3. The minimum Gasteiger partial charge on any atom is -0.335 e. The summed E-state index contributed by atoms with van der Waals surface area (Å²) in [4.78, 5) is 13.7. The minimum absolute atomic E-state index is 0.178. The molecule has 7 nitrogen and oxygen atoms in total. The van der Waals surface area contributed by atoms with Crippen molar-refractivity contribution in [3.05, 3.63) is 28.8 Å². The highest BCUT2D eigenvalue weighted by molar-refractivity contribution is 5.76. The van der Waals surface area contributed by atoms with Gasteiger partial charge in [-0.1, -0.05) is 10.3 Å². The summed E-state index contributed by atoms with van der Waals surface area (Å²) in [7, 11) is 0. The van der Waals surface area contributed by atoms with Gasteiger partial charge in [-0.25, -0.2) is 4.63 Å². The van der Waals surface area contributed by atoms with Crippen LogP contribution < -0.4 is 0 Å². The van der Waals surface area contributed by atoms with E-state index < -0.39 is 11.9 Å². The summed E-state index contributed by atoms with van der Waals surface area (Å²) in [5.41, 5.74) is 0.322. The van der Waals surface area contributed by atoms with E-state index in [0.29, 0.717) is 17.9 Å². The van der Waals surface area contributed by atoms with Crippen LogP contribution in [0.1, 0.15) is 29.7 Å². The predicted molar refractivity (Wildman–Crippen MR) is 72.1 cm³/mol. The Hall–Kier alpha value is -2.39. The van der Waals surface area contributed by atoms with E-state index in [1.54, 1.807) is 13.8 Å². The molecule has 0 N–H and O–H groups in total. The maximum atomic E-state index is 12.6. The number of aromatic nitrogens is 4. The van der Waals surface area contributed by atoms with Gasteiger partial charge in [0.2, 0.25) is 5.91 Å². The van der Waals surface area contributed by atoms with Crippen LogP contribution in [0.25, 0.3) is 0 Å². The Bertz CT molecular complexity index is 692. The second-order valence-electron chi connectivity index (χ2n) is 5.03. The van der Waals surface area contributed by atoms with Gasteiger partial charge >= 0.3 is 6.18 Å². The molecule has 23 heavy (non-hydrogen) atoms. The molecular formula is C13H16F3N5O2. The van der Waals surface area contributed by atoms with Crippen LogP contribution in [-0.4, -0.2) is 37.4 Å². The molecule has 0 radical (unpaired) electrons. The van der Waals surface area contributed by atoms with E-state index in [0.717, 1.165) is 10.7 Å². The zero-order valence-electron chi connectivity index (χ0n) is 12.9. The lowest BCUT2D eigenvalue weighted by Crippen LogP contribution is -2.34. The van der Waals surface area contributed by atoms with Crippen molar-refractivity contribution in [2.75, 3.05) is 6.54 Å². The zero-order chi connectivity index (χ0) is 17.2. The topological polar surface area (TPSA) is 77.0 Å². The number of alkyl halides is 3. The quantitative estimate of drug-likeness (QED) is 0.837. The number of halogens is 3. The molecule has 0 spiro atoms. The van der Waals surface area contributed by atoms with Crippen LogP contribution in [0.15, 0.2) is 10.7 Å². The van der Waals surface area contributed by atoms with Crippen molar-refractivity contribution in [3.63, 3.8) is 0 Å². The normalized spacial score (nSPS) is 11.7. The van der Waals surface area contributed by atoms with E-state index in [1.165, 1.54) is 11.8 Å². The van der Waals surface area contributed by atoms with Gasteiger partial charge in [0.15, 0.2) is 5.69 Å². The van der Waals surface area contributed by atoms with Crippen LogP contribution in [0.2, 0.25) is 0 Å². The SMILES string of the molecule is CCN(Cc1nonc1C)C(=O)Cn1nc(C(F)(F)F)cc1C. The van der Waals surface area contributed by atoms with Gasteiger partial charge in [0.05, 0.1) is 6.54 Å². The lowest BCUT2D eigenvalue weighted by Gasteiger charge is -2.20. The fourth-order valence-electron chi connectivity index (χ4n) is 1.99. The second kappa shape index (κ2) is 6.39. The van der Waals surface area contributed by atoms with Gasteiger partial charge in [-0.2, -0.15) is 18.3 Å². The van der Waals surface area contributed by atoms with Crippen LogP contribution in [0, 0.1) is 13.8 Å². The van der Waals surface area contributed by atoms with Crippen molar-refractivity contribution < 1.29 is 22.6 Å². The average molecular weight is 331 g/mol. The first-order chi connectivity index (χ1) is 10.7. The summed E-state index contributed by atoms with van der Waals surface area (Å²) in [6.45, 7) is 5.20. The monoisotopic (exact) mass is 331 g/mol. The molecule has 0 saturated heterocycles. The first-order valence-electron chi connectivity index (χ1n) is 6.89. The Kier molecular flexibility index (Phi) is 4.71. The molecule has 2 heterocycles. The molecule has 2 aromatic heterocycles. The number of hydrogen-bond acceptors (Lipinski definition) is 5. The molecular weight excluding hydrogens is 315 g/mol. The Morgan fingerprint density at radius 1 is 1.35 bits per heavy atom. The fraction of sp³-hybridized carbons (Fsp3) is 0.538. The number of aryl methyl sites for hydroxylation is 2. The predicted octanol–water partition coefficient (Wildman–Crippen LogP) is 1.95. The molecule has 0 saturated carbocycles. The minimum atomic E-state index is -4.53. The standard InChI is InChI=1S/C13H16F3N5O2/c1-4-20(6-10-9(3)18-23-19-10)12(22)7-21-8(2)5-11(17-21)13(14,15)16/h5H,4,6-7H2,1-3H3. The molecule has 1 amide bonds. The van der Waals surface area contributed by atoms with E-state index in [2.05, 4.69) is 20.0 Å². The van der Waals surface area contributed by atoms with E-state index >= 15 is 0 Å². The van der Waals surface area contributed by atoms with Crippen LogP contribution in [0.3, 0.4) is 0 Å². The molecule has 0 unspecified atom stereocenters. The van der Waals surface area contributed by atoms with E-state index in [1.807, 2.05) is 0 Å². The first kappa shape index (κ1) is 17.0. The van der Waals surface area contributed by atoms with E-state index in [9.17, 15) is 18.0 Å². The highest BCUT2D eigenvalue weighted by Crippen LogP contribution is 2.28. The number of amides is 1. The third-order valence-electron chi connectivity index (χ3n) is 3.38. The molecule has 0 fully saturated rings. The molecule has 2 aromatic rings. The number of carbonyl (C=O) groups excluding carboxylic acids is 1. The number of carbonyl (C=O) groups is 1. The Morgan fingerprint density at radius 2 is 2.04 bits per heavy atom. The highest BCUT2D eigenvalue weighted by atomic mass is 19.4. The molecule has 0 aliphatic heterocycles. The Balaban J connectivity index is 2.11. The van der Waals surface area contributed by atoms with Crippen LogP contribution in [0.5, 0.6) is 0 Å². The fourth-order valence-corrected chi connectivity index (χ4v) is 1.99. The number of hydrogen-bond donors (Lipinski definition) is 0. The Morgan fingerprint density at radius 3 is 2.52 bits per heavy atom. The van der Waals surface area contributed by atoms with Gasteiger partial charge in [0.1, 0.15) is 17.9 Å². The first-order valence-corrected chi connectivity index (χ1v) is 6.89. The number of rotatable bonds is 5. The van der Waals surface area contributed by atoms with Crippen molar-refractivity contribution in [2.45, 2.75) is 40.0 Å². The molecule has 2 rings (SSSR count). The zero-order valence-corrected chi connectivity index (χ0v) is 12.9. The van der Waals surface area contributed by atoms with E-state index in [4.69, 9.17) is 0 Å². The van der Waals surface area contributed by atoms with Crippen LogP contribution >= 0.6 is 0 Å². The van der Waals surface area contributed by atoms with Gasteiger partial charge in [0.25, 0.3) is 0 Å². The molecule has 0 atom stereocenters. The van der Waals surface area contributed by atoms with Gasteiger partial charge in [-0.05, 0) is 26.8 Å². The van der Waals surface area contributed by atoms with Crippen LogP contribution in [-0.2, 0) is 24.1 Å². The van der Waals surface area contributed by atoms with Crippen molar-refractivity contribution in [1.82, 2.24) is 25.0 Å². The highest BCUT2D eigenvalue weighted by Gasteiger charge is 2.34. The van der Waals surface area contributed by atoms with Gasteiger partial charge in [-0.15, -0.1) is 0 Å². The summed E-state index contributed by atoms with van der Waals surface area (Å²) in [6, 6.07) is 0.912. The number of nitrogens with zero attached hydrogens (tertiary/aromatic N) is 5. The van der Waals surface area contributed by atoms with Crippen LogP contribution in [0.4, 0.5) is 13.2 Å². The summed E-state index contributed by atoms with van der Waals surface area (Å²) in [5, 5.41) is 10.8. The third-order valence-corrected chi connectivity index (χ3v) is 3.38. The summed E-state index contributed by atoms with van der Waals surface area (Å²) >= 11 is 0. The lowest BCUT2D eigenvalue weighted by molar-refractivity contribution is -0.142. The second-order valence-corrected chi connectivity index (χ2v) is 5.03. The molecule has 0 aliphatic carbocycles. The molecule has 126 valence electrons. The van der Waals surface area contributed by atoms with Crippen molar-refractivity contribution >= 4 is 5.91 Å². The molecule has 0 bridgehead atoms. The largest absolute Gasteiger partial charge is 0.435 e. The van der Waals surface area contributed by atoms with Gasteiger partial charge in [-0.3, -0.25) is 9.48 Å². The smallest absolute Gasteiger partial charge is 0.335 e. The maximum Gasteiger partial charge on any atom is 0.435 e. The average Bonchev–Trinajstić information content (AvgIpc) is 3.02. The van der Waals surface area contributed by atoms with Gasteiger partial charge < -0.3 is 4.90 Å². The summed E-state index contributed by atoms with van der Waals surface area (Å²) in [6.07, 6.45) is -4.53. The molecule has 10 heteroatoms. The maximum absolute atomic E-state index is 12.6. The number of likely N-dealkylation sites (N-methyl/N-ethyl adjacent to an activating group) is 1. The summed E-state index contributed by atoms with van der Waals surface area (Å²) in [5.74, 6) is -0.366. The van der Waals surface area contributed by atoms with Crippen molar-refractivity contribution in [3.8, 4) is 0 Å². The van der Waals surface area contributed by atoms with Crippen molar-refractivity contribution in [1.29, 1.82) is 0 Å². The molecule has 0 aliphatic rings. The molecule has 0 aromatic carbocycles. The summed E-state index contributed by atoms with van der Waals surface area (Å²) < 4.78 is 43.5. The van der Waals surface area contributed by atoms with Gasteiger partial charge in [0, 0.05) is 12.2 Å². The van der Waals surface area contributed by atoms with E-state index in [-0.39, 0.29) is 24.7 Å². The third kappa shape index (κ3) is 3.88. The Labute approximate surface area is 130 Å². The van der Waals surface area contributed by atoms with Crippen molar-refractivity contribution in [2.24, 2.45) is 0 Å².